The van der Waals surface area contributed by atoms with Crippen molar-refractivity contribution in [1.29, 1.82) is 0 Å². The molecule has 3 nitrogen and oxygen atoms in total. The summed E-state index contributed by atoms with van der Waals surface area (Å²) in [6.45, 7) is 9.12. The molecule has 0 saturated heterocycles. The van der Waals surface area contributed by atoms with Crippen LogP contribution in [0.25, 0.3) is 0 Å². The van der Waals surface area contributed by atoms with Crippen molar-refractivity contribution >= 4 is 11.7 Å². The monoisotopic (exact) mass is 357 g/mol. The molecule has 26 heavy (non-hydrogen) atoms. The van der Waals surface area contributed by atoms with Gasteiger partial charge in [0.2, 0.25) is 5.91 Å². The Balaban J connectivity index is 1.59. The van der Waals surface area contributed by atoms with E-state index >= 15 is 0 Å². The zero-order chi connectivity index (χ0) is 18.7. The second kappa shape index (κ2) is 6.21. The minimum atomic E-state index is 0.0757. The van der Waals surface area contributed by atoms with Crippen LogP contribution < -0.4 is 5.32 Å². The fourth-order valence-electron chi connectivity index (χ4n) is 7.41. The van der Waals surface area contributed by atoms with Gasteiger partial charge in [-0.2, -0.15) is 0 Å². The van der Waals surface area contributed by atoms with Crippen LogP contribution in [0.1, 0.15) is 72.6 Å². The molecule has 0 aromatic heterocycles. The molecule has 3 fully saturated rings. The number of ketones is 1. The predicted molar refractivity (Wildman–Crippen MR) is 103 cm³/mol. The molecular weight excluding hydrogens is 322 g/mol. The molecule has 0 radical (unpaired) electrons. The van der Waals surface area contributed by atoms with Crippen molar-refractivity contribution in [3.8, 4) is 0 Å². The van der Waals surface area contributed by atoms with Crippen molar-refractivity contribution in [3.05, 3.63) is 12.2 Å². The van der Waals surface area contributed by atoms with Gasteiger partial charge in [-0.1, -0.05) is 33.8 Å². The second-order valence-electron chi connectivity index (χ2n) is 10.5. The molecule has 7 atom stereocenters. The van der Waals surface area contributed by atoms with E-state index in [1.807, 2.05) is 0 Å². The van der Waals surface area contributed by atoms with Gasteiger partial charge in [0.25, 0.3) is 0 Å². The van der Waals surface area contributed by atoms with E-state index in [-0.39, 0.29) is 22.7 Å². The maximum absolute atomic E-state index is 12.9. The third kappa shape index (κ3) is 2.60. The summed E-state index contributed by atoms with van der Waals surface area (Å²) in [5, 5.41) is 3.23. The van der Waals surface area contributed by atoms with Gasteiger partial charge in [0.1, 0.15) is 5.78 Å². The number of hydrogen-bond acceptors (Lipinski definition) is 2. The maximum atomic E-state index is 12.9. The highest BCUT2D eigenvalue weighted by Gasteiger charge is 2.60. The van der Waals surface area contributed by atoms with Crippen molar-refractivity contribution in [1.82, 2.24) is 5.32 Å². The average Bonchev–Trinajstić information content (AvgIpc) is 2.92. The Morgan fingerprint density at radius 2 is 1.92 bits per heavy atom. The quantitative estimate of drug-likeness (QED) is 0.807. The fraction of sp³-hybridized carbons (Fsp3) is 0.826. The summed E-state index contributed by atoms with van der Waals surface area (Å²) in [6, 6.07) is 0.297. The number of hydrogen-bond donors (Lipinski definition) is 1. The molecule has 0 bridgehead atoms. The smallest absolute Gasteiger partial charge is 0.243 e. The van der Waals surface area contributed by atoms with E-state index in [9.17, 15) is 9.59 Å². The van der Waals surface area contributed by atoms with Crippen LogP contribution in [0.5, 0.6) is 0 Å². The standard InChI is InChI=1S/C23H35NO2/c1-14(2)13-19(25)18-7-6-16-15-5-8-20-23(4,12-10-21(26)24-20)17(15)9-11-22(16,18)3/h10,12,14-18,20H,5-9,11,13H2,1-4H3,(H,24,26)/t15-,16-,17-,18+,20?,22-,23+/m0/s1. The van der Waals surface area contributed by atoms with E-state index < -0.39 is 0 Å². The summed E-state index contributed by atoms with van der Waals surface area (Å²) in [6.07, 6.45) is 11.7. The maximum Gasteiger partial charge on any atom is 0.243 e. The minimum absolute atomic E-state index is 0.0757. The average molecular weight is 358 g/mol. The summed E-state index contributed by atoms with van der Waals surface area (Å²) in [5.41, 5.74) is 0.302. The van der Waals surface area contributed by atoms with Crippen LogP contribution in [0.2, 0.25) is 0 Å². The van der Waals surface area contributed by atoms with E-state index in [1.54, 1.807) is 6.08 Å². The van der Waals surface area contributed by atoms with Crippen LogP contribution in [0.3, 0.4) is 0 Å². The van der Waals surface area contributed by atoms with Gasteiger partial charge in [-0.3, -0.25) is 9.59 Å². The van der Waals surface area contributed by atoms with Gasteiger partial charge in [0, 0.05) is 23.8 Å². The van der Waals surface area contributed by atoms with Crippen molar-refractivity contribution in [2.45, 2.75) is 78.7 Å². The Hall–Kier alpha value is -1.12. The van der Waals surface area contributed by atoms with Crippen LogP contribution in [0, 0.1) is 40.4 Å². The molecule has 3 aliphatic carbocycles. The molecule has 0 aromatic carbocycles. The van der Waals surface area contributed by atoms with Gasteiger partial charge < -0.3 is 5.32 Å². The molecule has 4 rings (SSSR count). The Bertz CT molecular complexity index is 638. The lowest BCUT2D eigenvalue weighted by Crippen LogP contribution is -2.59. The first kappa shape index (κ1) is 18.3. The highest BCUT2D eigenvalue weighted by Crippen LogP contribution is 2.65. The van der Waals surface area contributed by atoms with Crippen LogP contribution >= 0.6 is 0 Å². The van der Waals surface area contributed by atoms with Gasteiger partial charge in [0.05, 0.1) is 0 Å². The van der Waals surface area contributed by atoms with Crippen molar-refractivity contribution in [3.63, 3.8) is 0 Å². The zero-order valence-corrected chi connectivity index (χ0v) is 16.9. The Morgan fingerprint density at radius 1 is 1.15 bits per heavy atom. The SMILES string of the molecule is CC(C)CC(=O)[C@H]1CC[C@H]2[C@@H]3CCC4NC(=O)C=C[C@]4(C)[C@H]3CC[C@]12C. The van der Waals surface area contributed by atoms with Crippen molar-refractivity contribution in [2.24, 2.45) is 40.4 Å². The Kier molecular flexibility index (Phi) is 4.36. The summed E-state index contributed by atoms with van der Waals surface area (Å²) in [7, 11) is 0. The first-order valence-corrected chi connectivity index (χ1v) is 10.8. The molecule has 3 saturated carbocycles. The van der Waals surface area contributed by atoms with Crippen molar-refractivity contribution in [2.75, 3.05) is 0 Å². The molecule has 4 aliphatic rings. The Morgan fingerprint density at radius 3 is 2.65 bits per heavy atom. The molecule has 3 heteroatoms. The van der Waals surface area contributed by atoms with Crippen LogP contribution in [-0.2, 0) is 9.59 Å². The number of carbonyl (C=O) groups excluding carboxylic acids is 2. The van der Waals surface area contributed by atoms with Gasteiger partial charge in [-0.05, 0) is 73.7 Å². The number of amides is 1. The second-order valence-corrected chi connectivity index (χ2v) is 10.5. The molecule has 1 unspecified atom stereocenters. The molecule has 144 valence electrons. The minimum Gasteiger partial charge on any atom is -0.349 e. The van der Waals surface area contributed by atoms with Gasteiger partial charge in [0.15, 0.2) is 0 Å². The molecule has 1 aliphatic heterocycles. The van der Waals surface area contributed by atoms with Crippen LogP contribution in [-0.4, -0.2) is 17.7 Å². The topological polar surface area (TPSA) is 46.2 Å². The van der Waals surface area contributed by atoms with E-state index in [0.717, 1.165) is 19.3 Å². The molecule has 1 heterocycles. The lowest BCUT2D eigenvalue weighted by Gasteiger charge is -2.58. The third-order valence-electron chi connectivity index (χ3n) is 8.68. The number of Topliss-reactive ketones (excluding diaryl/α,β-unsaturated/α-hetero) is 1. The van der Waals surface area contributed by atoms with Crippen LogP contribution in [0.15, 0.2) is 12.2 Å². The van der Waals surface area contributed by atoms with Gasteiger partial charge in [-0.25, -0.2) is 0 Å². The van der Waals surface area contributed by atoms with Gasteiger partial charge >= 0.3 is 0 Å². The number of rotatable bonds is 3. The van der Waals surface area contributed by atoms with Gasteiger partial charge in [-0.15, -0.1) is 0 Å². The van der Waals surface area contributed by atoms with E-state index in [2.05, 4.69) is 39.1 Å². The zero-order valence-electron chi connectivity index (χ0n) is 16.9. The van der Waals surface area contributed by atoms with Crippen LogP contribution in [0.4, 0.5) is 0 Å². The third-order valence-corrected chi connectivity index (χ3v) is 8.68. The normalized spacial score (nSPS) is 47.1. The lowest BCUT2D eigenvalue weighted by atomic mass is 9.47. The van der Waals surface area contributed by atoms with E-state index in [0.29, 0.717) is 35.5 Å². The summed E-state index contributed by atoms with van der Waals surface area (Å²) in [4.78, 5) is 24.8. The molecule has 1 amide bonds. The highest BCUT2D eigenvalue weighted by molar-refractivity contribution is 5.89. The first-order valence-electron chi connectivity index (χ1n) is 10.8. The molecular formula is C23H35NO2. The molecule has 0 aromatic rings. The largest absolute Gasteiger partial charge is 0.349 e. The fourth-order valence-corrected chi connectivity index (χ4v) is 7.41. The first-order chi connectivity index (χ1) is 12.3. The van der Waals surface area contributed by atoms with Crippen molar-refractivity contribution < 1.29 is 9.59 Å². The number of fused-ring (bicyclic) bond motifs is 5. The predicted octanol–water partition coefficient (Wildman–Crippen LogP) is 4.52. The highest BCUT2D eigenvalue weighted by atomic mass is 16.1. The summed E-state index contributed by atoms with van der Waals surface area (Å²) >= 11 is 0. The van der Waals surface area contributed by atoms with E-state index in [4.69, 9.17) is 0 Å². The Labute approximate surface area is 158 Å². The molecule has 1 N–H and O–H groups in total. The lowest BCUT2D eigenvalue weighted by molar-refractivity contribution is -0.132. The number of carbonyl (C=O) groups is 2. The summed E-state index contributed by atoms with van der Waals surface area (Å²) < 4.78 is 0. The summed E-state index contributed by atoms with van der Waals surface area (Å²) in [5.74, 6) is 3.39. The van der Waals surface area contributed by atoms with E-state index in [1.165, 1.54) is 25.7 Å². The molecule has 0 spiro atoms. The number of nitrogens with one attached hydrogen (secondary N) is 1.